The van der Waals surface area contributed by atoms with Gasteiger partial charge >= 0.3 is 0 Å². The van der Waals surface area contributed by atoms with Crippen LogP contribution >= 0.6 is 0 Å². The first-order chi connectivity index (χ1) is 9.96. The normalized spacial score (nSPS) is 11.9. The molecule has 1 aromatic carbocycles. The number of hydrogen-bond acceptors (Lipinski definition) is 2. The highest BCUT2D eigenvalue weighted by Gasteiger charge is 2.25. The van der Waals surface area contributed by atoms with Crippen LogP contribution in [0.15, 0.2) is 24.3 Å². The molecule has 0 heterocycles. The van der Waals surface area contributed by atoms with Crippen LogP contribution in [0.5, 0.6) is 0 Å². The van der Waals surface area contributed by atoms with E-state index >= 15 is 0 Å². The van der Waals surface area contributed by atoms with Crippen LogP contribution in [0.4, 0.5) is 0 Å². The lowest BCUT2D eigenvalue weighted by Crippen LogP contribution is -2.38. The van der Waals surface area contributed by atoms with Crippen molar-refractivity contribution in [2.75, 3.05) is 13.2 Å². The van der Waals surface area contributed by atoms with Crippen molar-refractivity contribution in [2.45, 2.75) is 40.5 Å². The first-order valence-electron chi connectivity index (χ1n) is 7.60. The molecule has 1 amide bonds. The Morgan fingerprint density at radius 2 is 1.95 bits per heavy atom. The molecule has 0 fully saturated rings. The quantitative estimate of drug-likeness (QED) is 0.757. The maximum Gasteiger partial charge on any atom is 0.244 e. The molecule has 0 spiro atoms. The second-order valence-electron chi connectivity index (χ2n) is 5.78. The number of aryl methyl sites for hydroxylation is 2. The summed E-state index contributed by atoms with van der Waals surface area (Å²) in [5.74, 6) is -0.116. The molecule has 0 aliphatic carbocycles. The van der Waals surface area contributed by atoms with E-state index in [0.717, 1.165) is 24.0 Å². The summed E-state index contributed by atoms with van der Waals surface area (Å²) in [6.07, 6.45) is 5.09. The van der Waals surface area contributed by atoms with E-state index in [1.807, 2.05) is 39.0 Å². The molecule has 2 N–H and O–H groups in total. The summed E-state index contributed by atoms with van der Waals surface area (Å²) < 4.78 is 0. The van der Waals surface area contributed by atoms with Crippen LogP contribution in [0.3, 0.4) is 0 Å². The van der Waals surface area contributed by atoms with Crippen molar-refractivity contribution in [3.8, 4) is 0 Å². The number of nitrogens with one attached hydrogen (secondary N) is 1. The molecule has 0 atom stereocenters. The van der Waals surface area contributed by atoms with Gasteiger partial charge in [-0.25, -0.2) is 0 Å². The fraction of sp³-hybridized carbons (Fsp3) is 0.500. The van der Waals surface area contributed by atoms with Gasteiger partial charge in [0.05, 0.1) is 6.61 Å². The number of rotatable bonds is 7. The summed E-state index contributed by atoms with van der Waals surface area (Å²) in [6.45, 7) is 8.77. The van der Waals surface area contributed by atoms with Gasteiger partial charge in [0.1, 0.15) is 0 Å². The number of aliphatic hydroxyl groups excluding tert-OH is 1. The highest BCUT2D eigenvalue weighted by molar-refractivity contribution is 5.91. The van der Waals surface area contributed by atoms with Crippen LogP contribution in [0, 0.1) is 19.3 Å². The number of aliphatic hydroxyl groups is 1. The van der Waals surface area contributed by atoms with Gasteiger partial charge < -0.3 is 10.4 Å². The number of benzene rings is 1. The SMILES string of the molecule is CCC(CC)(CO)CNC(=O)/C=C/c1ccc(C)cc1C. The monoisotopic (exact) mass is 289 g/mol. The maximum absolute atomic E-state index is 11.9. The first kappa shape index (κ1) is 17.4. The summed E-state index contributed by atoms with van der Waals surface area (Å²) >= 11 is 0. The fourth-order valence-electron chi connectivity index (χ4n) is 2.29. The lowest BCUT2D eigenvalue weighted by atomic mass is 9.83. The van der Waals surface area contributed by atoms with Crippen LogP contribution in [-0.4, -0.2) is 24.2 Å². The molecule has 0 bridgehead atoms. The Morgan fingerprint density at radius 1 is 1.29 bits per heavy atom. The minimum Gasteiger partial charge on any atom is -0.396 e. The molecule has 0 unspecified atom stereocenters. The third kappa shape index (κ3) is 5.01. The van der Waals surface area contributed by atoms with E-state index in [1.54, 1.807) is 6.08 Å². The highest BCUT2D eigenvalue weighted by Crippen LogP contribution is 2.24. The summed E-state index contributed by atoms with van der Waals surface area (Å²) in [5.41, 5.74) is 3.22. The minimum absolute atomic E-state index is 0.0983. The van der Waals surface area contributed by atoms with E-state index in [0.29, 0.717) is 6.54 Å². The Morgan fingerprint density at radius 3 is 2.48 bits per heavy atom. The van der Waals surface area contributed by atoms with Gasteiger partial charge in [-0.05, 0) is 43.9 Å². The number of hydrogen-bond donors (Lipinski definition) is 2. The van der Waals surface area contributed by atoms with Gasteiger partial charge in [0.2, 0.25) is 5.91 Å². The molecule has 0 saturated heterocycles. The molecule has 1 rings (SSSR count). The summed E-state index contributed by atoms with van der Waals surface area (Å²) in [6, 6.07) is 6.16. The van der Waals surface area contributed by atoms with E-state index in [-0.39, 0.29) is 17.9 Å². The standard InChI is InChI=1S/C18H27NO2/c1-5-18(6-2,13-20)12-19-17(21)10-9-16-8-7-14(3)11-15(16)4/h7-11,20H,5-6,12-13H2,1-4H3,(H,19,21)/b10-9+. The molecular weight excluding hydrogens is 262 g/mol. The Balaban J connectivity index is 2.63. The second kappa shape index (κ2) is 7.99. The van der Waals surface area contributed by atoms with Crippen molar-refractivity contribution < 1.29 is 9.90 Å². The van der Waals surface area contributed by atoms with Gasteiger partial charge in [-0.2, -0.15) is 0 Å². The van der Waals surface area contributed by atoms with Crippen LogP contribution in [-0.2, 0) is 4.79 Å². The minimum atomic E-state index is -0.205. The van der Waals surface area contributed by atoms with Gasteiger partial charge in [-0.15, -0.1) is 0 Å². The molecule has 116 valence electrons. The van der Waals surface area contributed by atoms with Crippen LogP contribution in [0.25, 0.3) is 6.08 Å². The number of carbonyl (C=O) groups is 1. The van der Waals surface area contributed by atoms with Gasteiger partial charge in [0.15, 0.2) is 0 Å². The van der Waals surface area contributed by atoms with E-state index in [1.165, 1.54) is 5.56 Å². The summed E-state index contributed by atoms with van der Waals surface area (Å²) in [4.78, 5) is 11.9. The van der Waals surface area contributed by atoms with Crippen molar-refractivity contribution >= 4 is 12.0 Å². The van der Waals surface area contributed by atoms with Crippen molar-refractivity contribution in [1.29, 1.82) is 0 Å². The van der Waals surface area contributed by atoms with Gasteiger partial charge in [0.25, 0.3) is 0 Å². The Labute approximate surface area is 128 Å². The Hall–Kier alpha value is -1.61. The predicted molar refractivity (Wildman–Crippen MR) is 88.1 cm³/mol. The van der Waals surface area contributed by atoms with Crippen molar-refractivity contribution in [3.05, 3.63) is 41.0 Å². The van der Waals surface area contributed by atoms with E-state index in [9.17, 15) is 9.90 Å². The molecule has 3 nitrogen and oxygen atoms in total. The average molecular weight is 289 g/mol. The molecule has 0 aliphatic rings. The predicted octanol–water partition coefficient (Wildman–Crippen LogP) is 3.23. The topological polar surface area (TPSA) is 49.3 Å². The number of carbonyl (C=O) groups excluding carboxylic acids is 1. The van der Waals surface area contributed by atoms with Gasteiger partial charge in [0, 0.05) is 18.0 Å². The molecule has 0 aliphatic heterocycles. The zero-order valence-corrected chi connectivity index (χ0v) is 13.6. The molecular formula is C18H27NO2. The van der Waals surface area contributed by atoms with E-state index in [4.69, 9.17) is 0 Å². The molecule has 0 saturated carbocycles. The second-order valence-corrected chi connectivity index (χ2v) is 5.78. The third-order valence-electron chi connectivity index (χ3n) is 4.31. The van der Waals surface area contributed by atoms with Crippen molar-refractivity contribution in [3.63, 3.8) is 0 Å². The zero-order valence-electron chi connectivity index (χ0n) is 13.6. The molecule has 1 aromatic rings. The molecule has 21 heavy (non-hydrogen) atoms. The molecule has 0 radical (unpaired) electrons. The smallest absolute Gasteiger partial charge is 0.244 e. The average Bonchev–Trinajstić information content (AvgIpc) is 2.48. The number of amides is 1. The van der Waals surface area contributed by atoms with Crippen molar-refractivity contribution in [2.24, 2.45) is 5.41 Å². The van der Waals surface area contributed by atoms with Gasteiger partial charge in [-0.3, -0.25) is 4.79 Å². The fourth-order valence-corrected chi connectivity index (χ4v) is 2.29. The van der Waals surface area contributed by atoms with Crippen LogP contribution in [0.1, 0.15) is 43.4 Å². The highest BCUT2D eigenvalue weighted by atomic mass is 16.3. The zero-order chi connectivity index (χ0) is 15.9. The summed E-state index contributed by atoms with van der Waals surface area (Å²) in [7, 11) is 0. The largest absolute Gasteiger partial charge is 0.396 e. The van der Waals surface area contributed by atoms with Crippen LogP contribution in [0.2, 0.25) is 0 Å². The lowest BCUT2D eigenvalue weighted by Gasteiger charge is -2.29. The molecule has 0 aromatic heterocycles. The first-order valence-corrected chi connectivity index (χ1v) is 7.60. The molecule has 3 heteroatoms. The van der Waals surface area contributed by atoms with E-state index < -0.39 is 0 Å². The van der Waals surface area contributed by atoms with E-state index in [2.05, 4.69) is 18.3 Å². The van der Waals surface area contributed by atoms with Crippen molar-refractivity contribution in [1.82, 2.24) is 5.32 Å². The Bertz CT molecular complexity index is 494. The van der Waals surface area contributed by atoms with Crippen LogP contribution < -0.4 is 5.32 Å². The Kier molecular flexibility index (Phi) is 6.63. The maximum atomic E-state index is 11.9. The third-order valence-corrected chi connectivity index (χ3v) is 4.31. The summed E-state index contributed by atoms with van der Waals surface area (Å²) in [5, 5.41) is 12.4. The van der Waals surface area contributed by atoms with Gasteiger partial charge in [-0.1, -0.05) is 37.6 Å². The lowest BCUT2D eigenvalue weighted by molar-refractivity contribution is -0.117.